The van der Waals surface area contributed by atoms with Gasteiger partial charge in [-0.15, -0.1) is 0 Å². The van der Waals surface area contributed by atoms with Crippen LogP contribution in [0.2, 0.25) is 0 Å². The molecule has 0 spiro atoms. The molecule has 12 heteroatoms. The van der Waals surface area contributed by atoms with Gasteiger partial charge in [-0.2, -0.15) is 4.98 Å². The number of hydrogen-bond donors (Lipinski definition) is 3. The van der Waals surface area contributed by atoms with Crippen LogP contribution in [0.15, 0.2) is 36.4 Å². The van der Waals surface area contributed by atoms with Crippen LogP contribution >= 0.6 is 0 Å². The van der Waals surface area contributed by atoms with Crippen molar-refractivity contribution >= 4 is 29.5 Å². The number of hydrogen-bond acceptors (Lipinski definition) is 8. The zero-order valence-corrected chi connectivity index (χ0v) is 20.5. The second kappa shape index (κ2) is 9.88. The highest BCUT2D eigenvalue weighted by atomic mass is 19.1. The van der Waals surface area contributed by atoms with E-state index in [0.717, 1.165) is 12.1 Å². The Kier molecular flexibility index (Phi) is 6.84. The minimum absolute atomic E-state index is 0.0000943. The van der Waals surface area contributed by atoms with E-state index < -0.39 is 29.2 Å². The predicted octanol–water partition coefficient (Wildman–Crippen LogP) is 3.15. The molecule has 2 amide bonds. The average Bonchev–Trinajstić information content (AvgIpc) is 2.85. The first-order valence-corrected chi connectivity index (χ1v) is 11.4. The summed E-state index contributed by atoms with van der Waals surface area (Å²) in [6, 6.07) is 7.83. The van der Waals surface area contributed by atoms with Gasteiger partial charge in [0.25, 0.3) is 5.91 Å². The lowest BCUT2D eigenvalue weighted by molar-refractivity contribution is -0.135. The summed E-state index contributed by atoms with van der Waals surface area (Å²) < 4.78 is 38.8. The molecule has 37 heavy (non-hydrogen) atoms. The monoisotopic (exact) mass is 512 g/mol. The number of aryl methyl sites for hydroxylation is 1. The van der Waals surface area contributed by atoms with E-state index in [1.165, 1.54) is 18.9 Å². The van der Waals surface area contributed by atoms with Crippen molar-refractivity contribution in [2.45, 2.75) is 25.9 Å². The summed E-state index contributed by atoms with van der Waals surface area (Å²) in [6.07, 6.45) is -0.154. The summed E-state index contributed by atoms with van der Waals surface area (Å²) >= 11 is 0. The lowest BCUT2D eigenvalue weighted by Gasteiger charge is -2.41. The summed E-state index contributed by atoms with van der Waals surface area (Å²) in [5.41, 5.74) is 12.3. The molecule has 3 aromatic rings. The summed E-state index contributed by atoms with van der Waals surface area (Å²) in [5.74, 6) is -1.79. The van der Waals surface area contributed by atoms with Gasteiger partial charge < -0.3 is 31.2 Å². The Labute approximate surface area is 211 Å². The topological polar surface area (TPSA) is 146 Å². The maximum atomic E-state index is 14.1. The molecule has 0 saturated heterocycles. The van der Waals surface area contributed by atoms with Crippen molar-refractivity contribution in [3.05, 3.63) is 59.3 Å². The SMILES string of the molecule is CCc1nc(N)nc(N)c1-c1ccc2c(c1)N(CCNC(=O)OC)C(=O)[C@](C)(c1cc(F)cc(F)c1)O2. The number of nitrogens with zero attached hydrogens (tertiary/aromatic N) is 3. The highest BCUT2D eigenvalue weighted by Crippen LogP contribution is 2.45. The van der Waals surface area contributed by atoms with Gasteiger partial charge in [0, 0.05) is 30.3 Å². The van der Waals surface area contributed by atoms with Crippen LogP contribution in [0.5, 0.6) is 5.75 Å². The fraction of sp³-hybridized carbons (Fsp3) is 0.280. The molecule has 1 aliphatic heterocycles. The zero-order chi connectivity index (χ0) is 26.9. The number of carbonyl (C=O) groups excluding carboxylic acids is 2. The smallest absolute Gasteiger partial charge is 0.406 e. The average molecular weight is 513 g/mol. The molecule has 5 N–H and O–H groups in total. The first-order chi connectivity index (χ1) is 17.6. The molecule has 2 aromatic carbocycles. The highest BCUT2D eigenvalue weighted by Gasteiger charge is 2.46. The second-order valence-electron chi connectivity index (χ2n) is 8.49. The zero-order valence-electron chi connectivity index (χ0n) is 20.5. The fourth-order valence-electron chi connectivity index (χ4n) is 4.29. The molecule has 4 rings (SSSR count). The van der Waals surface area contributed by atoms with Crippen LogP contribution in [0.3, 0.4) is 0 Å². The van der Waals surface area contributed by atoms with Gasteiger partial charge in [-0.3, -0.25) is 4.79 Å². The number of alkyl carbamates (subject to hydrolysis) is 1. The third-order valence-corrected chi connectivity index (χ3v) is 6.07. The Morgan fingerprint density at radius 2 is 1.86 bits per heavy atom. The number of rotatable bonds is 6. The van der Waals surface area contributed by atoms with Crippen LogP contribution in [0.25, 0.3) is 11.1 Å². The van der Waals surface area contributed by atoms with Crippen molar-refractivity contribution in [3.8, 4) is 16.9 Å². The molecule has 0 unspecified atom stereocenters. The molecule has 194 valence electrons. The first-order valence-electron chi connectivity index (χ1n) is 11.4. The number of nitrogens with two attached hydrogens (primary N) is 2. The van der Waals surface area contributed by atoms with E-state index in [1.807, 2.05) is 6.92 Å². The molecule has 10 nitrogen and oxygen atoms in total. The van der Waals surface area contributed by atoms with Gasteiger partial charge in [-0.25, -0.2) is 18.6 Å². The van der Waals surface area contributed by atoms with E-state index in [0.29, 0.717) is 35.0 Å². The van der Waals surface area contributed by atoms with Gasteiger partial charge in [0.05, 0.1) is 18.5 Å². The molecular formula is C25H26F2N6O4. The molecule has 0 aliphatic carbocycles. The molecule has 1 aliphatic rings. The lowest BCUT2D eigenvalue weighted by Crippen LogP contribution is -2.54. The van der Waals surface area contributed by atoms with Gasteiger partial charge in [0.2, 0.25) is 11.5 Å². The third kappa shape index (κ3) is 4.82. The van der Waals surface area contributed by atoms with E-state index in [2.05, 4.69) is 20.0 Å². The number of benzene rings is 2. The Balaban J connectivity index is 1.83. The fourth-order valence-corrected chi connectivity index (χ4v) is 4.29. The highest BCUT2D eigenvalue weighted by molar-refractivity contribution is 6.04. The number of aromatic nitrogens is 2. The molecule has 1 aromatic heterocycles. The number of methoxy groups -OCH3 is 1. The number of nitrogens with one attached hydrogen (secondary N) is 1. The van der Waals surface area contributed by atoms with E-state index in [4.69, 9.17) is 16.2 Å². The van der Waals surface area contributed by atoms with Crippen LogP contribution in [0.4, 0.5) is 31.0 Å². The minimum atomic E-state index is -1.75. The predicted molar refractivity (Wildman–Crippen MR) is 133 cm³/mol. The second-order valence-corrected chi connectivity index (χ2v) is 8.49. The number of fused-ring (bicyclic) bond motifs is 1. The number of amides is 2. The van der Waals surface area contributed by atoms with E-state index in [-0.39, 0.29) is 36.2 Å². The quantitative estimate of drug-likeness (QED) is 0.457. The maximum absolute atomic E-state index is 14.1. The van der Waals surface area contributed by atoms with E-state index in [1.54, 1.807) is 18.2 Å². The summed E-state index contributed by atoms with van der Waals surface area (Å²) in [4.78, 5) is 35.1. The van der Waals surface area contributed by atoms with Crippen molar-refractivity contribution < 1.29 is 27.8 Å². The molecule has 0 fully saturated rings. The van der Waals surface area contributed by atoms with Crippen molar-refractivity contribution in [1.29, 1.82) is 0 Å². The summed E-state index contributed by atoms with van der Waals surface area (Å²) in [7, 11) is 1.22. The minimum Gasteiger partial charge on any atom is -0.471 e. The maximum Gasteiger partial charge on any atom is 0.406 e. The van der Waals surface area contributed by atoms with Gasteiger partial charge in [0.1, 0.15) is 23.2 Å². The largest absolute Gasteiger partial charge is 0.471 e. The van der Waals surface area contributed by atoms with Crippen LogP contribution in [0, 0.1) is 11.6 Å². The van der Waals surface area contributed by atoms with Crippen LogP contribution in [-0.4, -0.2) is 42.2 Å². The lowest BCUT2D eigenvalue weighted by atomic mass is 9.91. The summed E-state index contributed by atoms with van der Waals surface area (Å²) in [6.45, 7) is 3.37. The van der Waals surface area contributed by atoms with Gasteiger partial charge in [-0.1, -0.05) is 13.0 Å². The summed E-state index contributed by atoms with van der Waals surface area (Å²) in [5, 5.41) is 2.53. The molecule has 0 bridgehead atoms. The Morgan fingerprint density at radius 1 is 1.16 bits per heavy atom. The third-order valence-electron chi connectivity index (χ3n) is 6.07. The Morgan fingerprint density at radius 3 is 2.51 bits per heavy atom. The Hall–Kier alpha value is -4.48. The van der Waals surface area contributed by atoms with Crippen molar-refractivity contribution in [1.82, 2.24) is 15.3 Å². The molecule has 2 heterocycles. The van der Waals surface area contributed by atoms with Gasteiger partial charge >= 0.3 is 6.09 Å². The normalized spacial score (nSPS) is 16.7. The molecule has 0 saturated carbocycles. The molecule has 1 atom stereocenters. The van der Waals surface area contributed by atoms with Crippen molar-refractivity contribution in [2.24, 2.45) is 0 Å². The van der Waals surface area contributed by atoms with Crippen molar-refractivity contribution in [2.75, 3.05) is 36.6 Å². The van der Waals surface area contributed by atoms with E-state index >= 15 is 0 Å². The van der Waals surface area contributed by atoms with Crippen LogP contribution in [-0.2, 0) is 21.6 Å². The first kappa shape index (κ1) is 25.6. The number of carbonyl (C=O) groups is 2. The Bertz CT molecular complexity index is 1370. The molecule has 0 radical (unpaired) electrons. The van der Waals surface area contributed by atoms with Gasteiger partial charge in [0.15, 0.2) is 0 Å². The van der Waals surface area contributed by atoms with Crippen molar-refractivity contribution in [3.63, 3.8) is 0 Å². The standard InChI is InChI=1S/C25H26F2N6O4/c1-4-17-20(21(28)32-23(29)31-17)13-5-6-19-18(9-13)33(8-7-30-24(35)36-3)22(34)25(2,37-19)14-10-15(26)12-16(27)11-14/h5-6,9-12H,4,7-8H2,1-3H3,(H,30,35)(H4,28,29,31,32)/t25-/m0/s1. The van der Waals surface area contributed by atoms with Crippen LogP contribution < -0.4 is 26.4 Å². The number of halogens is 2. The number of ether oxygens (including phenoxy) is 2. The number of anilines is 3. The number of nitrogen functional groups attached to an aromatic ring is 2. The van der Waals surface area contributed by atoms with Crippen LogP contribution in [0.1, 0.15) is 25.1 Å². The van der Waals surface area contributed by atoms with E-state index in [9.17, 15) is 18.4 Å². The molecular weight excluding hydrogens is 486 g/mol. The van der Waals surface area contributed by atoms with Gasteiger partial charge in [-0.05, 0) is 43.2 Å².